The number of piperazine rings is 1. The summed E-state index contributed by atoms with van der Waals surface area (Å²) in [5, 5.41) is 3.50. The molecule has 2 fully saturated rings. The molecule has 3 heterocycles. The number of nitrogens with zero attached hydrogens (tertiary/aromatic N) is 5. The molecule has 2 amide bonds. The molecule has 1 aromatic rings. The van der Waals surface area contributed by atoms with Crippen LogP contribution in [0.3, 0.4) is 0 Å². The quantitative estimate of drug-likeness (QED) is 0.657. The highest BCUT2D eigenvalue weighted by Gasteiger charge is 2.43. The van der Waals surface area contributed by atoms with Gasteiger partial charge in [0.2, 0.25) is 15.9 Å². The highest BCUT2D eigenvalue weighted by Crippen LogP contribution is 2.23. The van der Waals surface area contributed by atoms with Crippen LogP contribution in [0.4, 0.5) is 4.79 Å². The van der Waals surface area contributed by atoms with Crippen molar-refractivity contribution in [3.63, 3.8) is 0 Å². The van der Waals surface area contributed by atoms with E-state index in [1.165, 1.54) is 9.21 Å². The Morgan fingerprint density at radius 3 is 2.30 bits per heavy atom. The Kier molecular flexibility index (Phi) is 6.42. The van der Waals surface area contributed by atoms with Crippen LogP contribution in [-0.4, -0.2) is 94.4 Å². The first-order valence-corrected chi connectivity index (χ1v) is 11.7. The highest BCUT2D eigenvalue weighted by molar-refractivity contribution is 7.89. The monoisotopic (exact) mass is 441 g/mol. The van der Waals surface area contributed by atoms with E-state index in [2.05, 4.69) is 5.10 Å². The summed E-state index contributed by atoms with van der Waals surface area (Å²) in [7, 11) is -1.67. The summed E-state index contributed by atoms with van der Waals surface area (Å²) < 4.78 is 34.2. The summed E-state index contributed by atoms with van der Waals surface area (Å²) in [4.78, 5) is 27.6. The lowest BCUT2D eigenvalue weighted by Crippen LogP contribution is -2.62. The van der Waals surface area contributed by atoms with Gasteiger partial charge >= 0.3 is 6.09 Å². The number of aryl methyl sites for hydroxylation is 2. The van der Waals surface area contributed by atoms with Crippen molar-refractivity contribution in [3.05, 3.63) is 18.0 Å². The molecule has 0 spiro atoms. The first-order chi connectivity index (χ1) is 14.0. The molecule has 2 saturated heterocycles. The first kappa shape index (κ1) is 22.5. The van der Waals surface area contributed by atoms with Crippen molar-refractivity contribution in [3.8, 4) is 0 Å². The van der Waals surface area contributed by atoms with Crippen molar-refractivity contribution in [2.45, 2.75) is 44.5 Å². The Morgan fingerprint density at radius 2 is 1.77 bits per heavy atom. The van der Waals surface area contributed by atoms with Crippen molar-refractivity contribution in [2.24, 2.45) is 7.05 Å². The second kappa shape index (κ2) is 8.54. The van der Waals surface area contributed by atoms with E-state index in [-0.39, 0.29) is 32.1 Å². The standard InChI is InChI=1S/C19H31N5O5S/c1-19(2,3)29-18(26)22-7-9-24(10-8-22)30(27,28)16-13-23(14-16)17(25)6-5-15-11-20-21(4)12-15/h11-12,16H,5-10,13-14H2,1-4H3. The van der Waals surface area contributed by atoms with Gasteiger partial charge in [0.25, 0.3) is 0 Å². The molecule has 1 aromatic heterocycles. The number of aromatic nitrogens is 2. The third-order valence-corrected chi connectivity index (χ3v) is 7.48. The van der Waals surface area contributed by atoms with Crippen LogP contribution < -0.4 is 0 Å². The van der Waals surface area contributed by atoms with E-state index in [1.54, 1.807) is 36.5 Å². The van der Waals surface area contributed by atoms with Crippen molar-refractivity contribution in [2.75, 3.05) is 39.3 Å². The normalized spacial score (nSPS) is 18.9. The number of hydrogen-bond acceptors (Lipinski definition) is 6. The predicted octanol–water partition coefficient (Wildman–Crippen LogP) is 0.446. The average molecular weight is 442 g/mol. The lowest BCUT2D eigenvalue weighted by Gasteiger charge is -2.42. The lowest BCUT2D eigenvalue weighted by molar-refractivity contribution is -0.134. The molecule has 0 aliphatic carbocycles. The van der Waals surface area contributed by atoms with Crippen LogP contribution in [0.15, 0.2) is 12.4 Å². The maximum Gasteiger partial charge on any atom is 0.410 e. The van der Waals surface area contributed by atoms with Crippen LogP contribution in [0.25, 0.3) is 0 Å². The number of ether oxygens (including phenoxy) is 1. The van der Waals surface area contributed by atoms with E-state index in [0.717, 1.165) is 5.56 Å². The number of carbonyl (C=O) groups is 2. The van der Waals surface area contributed by atoms with E-state index >= 15 is 0 Å². The van der Waals surface area contributed by atoms with E-state index in [0.29, 0.717) is 25.9 Å². The molecule has 3 rings (SSSR count). The summed E-state index contributed by atoms with van der Waals surface area (Å²) in [6.45, 7) is 6.92. The van der Waals surface area contributed by atoms with Crippen molar-refractivity contribution >= 4 is 22.0 Å². The third kappa shape index (κ3) is 5.31. The van der Waals surface area contributed by atoms with Gasteiger partial charge in [-0.15, -0.1) is 0 Å². The molecule has 30 heavy (non-hydrogen) atoms. The molecule has 0 atom stereocenters. The number of carbonyl (C=O) groups excluding carboxylic acids is 2. The van der Waals surface area contributed by atoms with Gasteiger partial charge in [0.1, 0.15) is 10.9 Å². The van der Waals surface area contributed by atoms with Gasteiger partial charge in [-0.1, -0.05) is 0 Å². The van der Waals surface area contributed by atoms with Gasteiger partial charge in [-0.05, 0) is 32.8 Å². The van der Waals surface area contributed by atoms with Gasteiger partial charge in [-0.25, -0.2) is 13.2 Å². The molecule has 0 bridgehead atoms. The fourth-order valence-corrected chi connectivity index (χ4v) is 5.33. The van der Waals surface area contributed by atoms with Crippen LogP contribution in [0.5, 0.6) is 0 Å². The third-order valence-electron chi connectivity index (χ3n) is 5.26. The molecule has 2 aliphatic heterocycles. The number of hydrogen-bond donors (Lipinski definition) is 0. The fourth-order valence-electron chi connectivity index (χ4n) is 3.50. The predicted molar refractivity (Wildman–Crippen MR) is 110 cm³/mol. The number of rotatable bonds is 5. The molecular weight excluding hydrogens is 410 g/mol. The minimum Gasteiger partial charge on any atom is -0.444 e. The van der Waals surface area contributed by atoms with Crippen LogP contribution in [0.1, 0.15) is 32.8 Å². The minimum atomic E-state index is -3.49. The summed E-state index contributed by atoms with van der Waals surface area (Å²) >= 11 is 0. The fraction of sp³-hybridized carbons (Fsp3) is 0.737. The highest BCUT2D eigenvalue weighted by atomic mass is 32.2. The summed E-state index contributed by atoms with van der Waals surface area (Å²) in [5.74, 6) is -0.0416. The second-order valence-electron chi connectivity index (χ2n) is 8.85. The Bertz CT molecular complexity index is 877. The van der Waals surface area contributed by atoms with Crippen molar-refractivity contribution in [1.82, 2.24) is 23.9 Å². The number of likely N-dealkylation sites (tertiary alicyclic amines) is 1. The van der Waals surface area contributed by atoms with Crippen molar-refractivity contribution < 1.29 is 22.7 Å². The Hall–Kier alpha value is -2.14. The molecule has 0 N–H and O–H groups in total. The maximum atomic E-state index is 12.9. The smallest absolute Gasteiger partial charge is 0.410 e. The number of sulfonamides is 1. The van der Waals surface area contributed by atoms with Crippen LogP contribution in [0, 0.1) is 0 Å². The number of amides is 2. The Balaban J connectivity index is 1.44. The van der Waals surface area contributed by atoms with Crippen LogP contribution >= 0.6 is 0 Å². The zero-order valence-corrected chi connectivity index (χ0v) is 18.9. The lowest BCUT2D eigenvalue weighted by atomic mass is 10.1. The average Bonchev–Trinajstić information content (AvgIpc) is 3.02. The van der Waals surface area contributed by atoms with Gasteiger partial charge in [-0.3, -0.25) is 9.48 Å². The van der Waals surface area contributed by atoms with E-state index < -0.39 is 27.0 Å². The van der Waals surface area contributed by atoms with Crippen molar-refractivity contribution in [1.29, 1.82) is 0 Å². The van der Waals surface area contributed by atoms with Gasteiger partial charge in [0.05, 0.1) is 6.20 Å². The van der Waals surface area contributed by atoms with E-state index in [9.17, 15) is 18.0 Å². The topological polar surface area (TPSA) is 105 Å². The molecule has 0 saturated carbocycles. The summed E-state index contributed by atoms with van der Waals surface area (Å²) in [5.41, 5.74) is 0.401. The Labute approximate surface area is 177 Å². The molecule has 10 nitrogen and oxygen atoms in total. The van der Waals surface area contributed by atoms with Crippen LogP contribution in [0.2, 0.25) is 0 Å². The zero-order valence-electron chi connectivity index (χ0n) is 18.1. The zero-order chi connectivity index (χ0) is 22.1. The molecule has 11 heteroatoms. The molecule has 0 radical (unpaired) electrons. The summed E-state index contributed by atoms with van der Waals surface area (Å²) in [6.07, 6.45) is 4.11. The minimum absolute atomic E-state index is 0.0416. The molecular formula is C19H31N5O5S. The van der Waals surface area contributed by atoms with Gasteiger partial charge in [0, 0.05) is 58.9 Å². The van der Waals surface area contributed by atoms with Gasteiger partial charge in [0.15, 0.2) is 0 Å². The molecule has 168 valence electrons. The molecule has 0 aromatic carbocycles. The maximum absolute atomic E-state index is 12.9. The SMILES string of the molecule is Cn1cc(CCC(=O)N2CC(S(=O)(=O)N3CCN(C(=O)OC(C)(C)C)CC3)C2)cn1. The van der Waals surface area contributed by atoms with Crippen LogP contribution in [-0.2, 0) is 33.0 Å². The Morgan fingerprint density at radius 1 is 1.13 bits per heavy atom. The van der Waals surface area contributed by atoms with E-state index in [4.69, 9.17) is 4.74 Å². The largest absolute Gasteiger partial charge is 0.444 e. The first-order valence-electron chi connectivity index (χ1n) is 10.2. The van der Waals surface area contributed by atoms with Gasteiger partial charge < -0.3 is 14.5 Å². The molecule has 0 unspecified atom stereocenters. The van der Waals surface area contributed by atoms with E-state index in [1.807, 2.05) is 13.2 Å². The molecule has 2 aliphatic rings. The second-order valence-corrected chi connectivity index (χ2v) is 11.1. The van der Waals surface area contributed by atoms with Gasteiger partial charge in [-0.2, -0.15) is 9.40 Å². The summed E-state index contributed by atoms with van der Waals surface area (Å²) in [6, 6.07) is 0.